The molecule has 0 saturated carbocycles. The lowest BCUT2D eigenvalue weighted by atomic mass is 10.0. The van der Waals surface area contributed by atoms with Crippen LogP contribution in [0.5, 0.6) is 0 Å². The average molecular weight is 634 g/mol. The SMILES string of the molecule is CCCCCCCCCCCCc1cc(-c2sccc2CCCCCCP(=O)(OCC)OCC)sc1Br. The van der Waals surface area contributed by atoms with Gasteiger partial charge >= 0.3 is 7.60 Å². The Kier molecular flexibility index (Phi) is 18.0. The van der Waals surface area contributed by atoms with E-state index in [4.69, 9.17) is 9.05 Å². The second-order valence-electron chi connectivity index (χ2n) is 9.95. The van der Waals surface area contributed by atoms with Crippen molar-refractivity contribution >= 4 is 46.2 Å². The van der Waals surface area contributed by atoms with Gasteiger partial charge in [-0.25, -0.2) is 0 Å². The molecule has 0 bridgehead atoms. The fourth-order valence-electron chi connectivity index (χ4n) is 4.77. The van der Waals surface area contributed by atoms with Crippen LogP contribution in [0.4, 0.5) is 0 Å². The Bertz CT molecular complexity index is 885. The van der Waals surface area contributed by atoms with Crippen LogP contribution in [-0.2, 0) is 26.5 Å². The van der Waals surface area contributed by atoms with Crippen LogP contribution in [0.3, 0.4) is 0 Å². The van der Waals surface area contributed by atoms with E-state index in [9.17, 15) is 4.57 Å². The molecule has 2 rings (SSSR count). The van der Waals surface area contributed by atoms with E-state index in [1.54, 1.807) is 0 Å². The molecule has 0 fully saturated rings. The Hall–Kier alpha value is 0.0300. The molecule has 37 heavy (non-hydrogen) atoms. The molecule has 0 aliphatic heterocycles. The van der Waals surface area contributed by atoms with Crippen molar-refractivity contribution in [1.82, 2.24) is 0 Å². The molecule has 2 aromatic heterocycles. The van der Waals surface area contributed by atoms with Gasteiger partial charge in [-0.3, -0.25) is 4.57 Å². The molecular formula is C30H50BrO3PS2. The van der Waals surface area contributed by atoms with Crippen molar-refractivity contribution in [3.8, 4) is 9.75 Å². The minimum absolute atomic E-state index is 0.442. The normalized spacial score (nSPS) is 12.0. The van der Waals surface area contributed by atoms with Gasteiger partial charge in [0.2, 0.25) is 0 Å². The van der Waals surface area contributed by atoms with E-state index in [0.717, 1.165) is 32.1 Å². The van der Waals surface area contributed by atoms with E-state index < -0.39 is 7.60 Å². The van der Waals surface area contributed by atoms with E-state index in [1.165, 1.54) is 95.3 Å². The average Bonchev–Trinajstić information content (AvgIpc) is 3.49. The summed E-state index contributed by atoms with van der Waals surface area (Å²) in [6, 6.07) is 4.73. The van der Waals surface area contributed by atoms with E-state index in [0.29, 0.717) is 19.4 Å². The van der Waals surface area contributed by atoms with Crippen LogP contribution in [0, 0.1) is 0 Å². The largest absolute Gasteiger partial charge is 0.330 e. The number of hydrogen-bond donors (Lipinski definition) is 0. The first kappa shape index (κ1) is 33.2. The first-order valence-electron chi connectivity index (χ1n) is 14.8. The number of aryl methyl sites for hydroxylation is 2. The van der Waals surface area contributed by atoms with Crippen LogP contribution >= 0.6 is 46.2 Å². The zero-order valence-corrected chi connectivity index (χ0v) is 27.6. The second kappa shape index (κ2) is 20.0. The van der Waals surface area contributed by atoms with Gasteiger partial charge in [-0.1, -0.05) is 77.6 Å². The Morgan fingerprint density at radius 2 is 1.30 bits per heavy atom. The van der Waals surface area contributed by atoms with Gasteiger partial charge in [0.05, 0.1) is 23.2 Å². The maximum Gasteiger partial charge on any atom is 0.330 e. The van der Waals surface area contributed by atoms with Gasteiger partial charge in [-0.15, -0.1) is 22.7 Å². The summed E-state index contributed by atoms with van der Waals surface area (Å²) in [6.45, 7) is 6.92. The van der Waals surface area contributed by atoms with Crippen LogP contribution in [0.15, 0.2) is 21.3 Å². The third-order valence-corrected chi connectivity index (χ3v) is 12.1. The molecule has 0 aromatic carbocycles. The molecule has 7 heteroatoms. The first-order valence-corrected chi connectivity index (χ1v) is 19.0. The molecule has 0 unspecified atom stereocenters. The van der Waals surface area contributed by atoms with Crippen molar-refractivity contribution in [1.29, 1.82) is 0 Å². The summed E-state index contributed by atoms with van der Waals surface area (Å²) in [6.07, 6.45) is 20.9. The van der Waals surface area contributed by atoms with E-state index in [2.05, 4.69) is 40.4 Å². The summed E-state index contributed by atoms with van der Waals surface area (Å²) >= 11 is 7.62. The number of unbranched alkanes of at least 4 members (excludes halogenated alkanes) is 12. The van der Waals surface area contributed by atoms with E-state index in [-0.39, 0.29) is 0 Å². The Morgan fingerprint density at radius 3 is 1.89 bits per heavy atom. The number of rotatable bonds is 23. The molecule has 0 atom stereocenters. The quantitative estimate of drug-likeness (QED) is 0.0902. The molecule has 0 N–H and O–H groups in total. The third-order valence-electron chi connectivity index (χ3n) is 6.81. The fraction of sp³-hybridized carbons (Fsp3) is 0.733. The van der Waals surface area contributed by atoms with E-state index >= 15 is 0 Å². The van der Waals surface area contributed by atoms with Crippen LogP contribution < -0.4 is 0 Å². The molecular weight excluding hydrogens is 583 g/mol. The summed E-state index contributed by atoms with van der Waals surface area (Å²) in [4.78, 5) is 2.85. The second-order valence-corrected chi connectivity index (χ2v) is 15.4. The number of halogens is 1. The summed E-state index contributed by atoms with van der Waals surface area (Å²) in [5.41, 5.74) is 2.95. The molecule has 0 aliphatic rings. The van der Waals surface area contributed by atoms with Crippen molar-refractivity contribution in [2.45, 2.75) is 124 Å². The highest BCUT2D eigenvalue weighted by Gasteiger charge is 2.22. The van der Waals surface area contributed by atoms with Gasteiger partial charge < -0.3 is 9.05 Å². The number of thiophene rings is 2. The lowest BCUT2D eigenvalue weighted by Crippen LogP contribution is -2.00. The standard InChI is InChI=1S/C30H50BrO3PS2/c1-4-7-8-9-10-11-12-13-14-18-21-27-25-28(37-30(27)31)29-26(22-24-36-29)20-17-15-16-19-23-35(32,33-5-2)34-6-3/h22,24-25H,4-21,23H2,1-3H3. The highest BCUT2D eigenvalue weighted by Crippen LogP contribution is 2.48. The van der Waals surface area contributed by atoms with Gasteiger partial charge in [0.15, 0.2) is 0 Å². The fourth-order valence-corrected chi connectivity index (χ4v) is 9.39. The smallest absolute Gasteiger partial charge is 0.309 e. The van der Waals surface area contributed by atoms with Crippen molar-refractivity contribution in [2.75, 3.05) is 19.4 Å². The topological polar surface area (TPSA) is 35.5 Å². The maximum absolute atomic E-state index is 12.6. The molecule has 0 saturated heterocycles. The van der Waals surface area contributed by atoms with E-state index in [1.807, 2.05) is 36.5 Å². The summed E-state index contributed by atoms with van der Waals surface area (Å²) in [5.74, 6) is 0. The van der Waals surface area contributed by atoms with Crippen LogP contribution in [0.2, 0.25) is 0 Å². The first-order chi connectivity index (χ1) is 18.0. The highest BCUT2D eigenvalue weighted by molar-refractivity contribution is 9.11. The minimum Gasteiger partial charge on any atom is -0.309 e. The minimum atomic E-state index is -2.89. The molecule has 3 nitrogen and oxygen atoms in total. The van der Waals surface area contributed by atoms with Crippen LogP contribution in [0.1, 0.15) is 122 Å². The van der Waals surface area contributed by atoms with Crippen molar-refractivity contribution < 1.29 is 13.6 Å². The molecule has 0 amide bonds. The predicted molar refractivity (Wildman–Crippen MR) is 169 cm³/mol. The Labute approximate surface area is 243 Å². The lowest BCUT2D eigenvalue weighted by Gasteiger charge is -2.16. The van der Waals surface area contributed by atoms with Crippen LogP contribution in [-0.4, -0.2) is 19.4 Å². The van der Waals surface area contributed by atoms with Crippen LogP contribution in [0.25, 0.3) is 9.75 Å². The molecule has 212 valence electrons. The van der Waals surface area contributed by atoms with Gasteiger partial charge in [-0.2, -0.15) is 0 Å². The van der Waals surface area contributed by atoms with Gasteiger partial charge in [-0.05, 0) is 90.5 Å². The zero-order chi connectivity index (χ0) is 26.8. The Balaban J connectivity index is 1.68. The third kappa shape index (κ3) is 13.3. The van der Waals surface area contributed by atoms with Gasteiger partial charge in [0, 0.05) is 9.75 Å². The number of hydrogen-bond acceptors (Lipinski definition) is 5. The van der Waals surface area contributed by atoms with Gasteiger partial charge in [0.25, 0.3) is 0 Å². The molecule has 0 radical (unpaired) electrons. The molecule has 0 aliphatic carbocycles. The Morgan fingerprint density at radius 1 is 0.757 bits per heavy atom. The van der Waals surface area contributed by atoms with Gasteiger partial charge in [0.1, 0.15) is 0 Å². The molecule has 2 heterocycles. The molecule has 2 aromatic rings. The summed E-state index contributed by atoms with van der Waals surface area (Å²) < 4.78 is 24.7. The lowest BCUT2D eigenvalue weighted by molar-refractivity contribution is 0.219. The van der Waals surface area contributed by atoms with Crippen molar-refractivity contribution in [3.63, 3.8) is 0 Å². The van der Waals surface area contributed by atoms with Crippen molar-refractivity contribution in [2.24, 2.45) is 0 Å². The van der Waals surface area contributed by atoms with Crippen molar-refractivity contribution in [3.05, 3.63) is 32.4 Å². The summed E-state index contributed by atoms with van der Waals surface area (Å²) in [7, 11) is -2.89. The maximum atomic E-state index is 12.6. The monoisotopic (exact) mass is 632 g/mol. The predicted octanol–water partition coefficient (Wildman–Crippen LogP) is 12.1. The highest BCUT2D eigenvalue weighted by atomic mass is 79.9. The zero-order valence-electron chi connectivity index (χ0n) is 23.5. The summed E-state index contributed by atoms with van der Waals surface area (Å²) in [5, 5.41) is 2.24. The molecule has 0 spiro atoms.